The van der Waals surface area contributed by atoms with Gasteiger partial charge in [0.2, 0.25) is 5.89 Å². The molecule has 0 spiro atoms. The largest absolute Gasteiger partial charge is 0.339 e. The van der Waals surface area contributed by atoms with Gasteiger partial charge in [0.05, 0.1) is 5.92 Å². The Labute approximate surface area is 115 Å². The number of likely N-dealkylation sites (tertiary alicyclic amines) is 1. The quantitative estimate of drug-likeness (QED) is 0.840. The molecular weight excluding hydrogens is 238 g/mol. The summed E-state index contributed by atoms with van der Waals surface area (Å²) in [7, 11) is 0. The maximum absolute atomic E-state index is 5.35. The summed E-state index contributed by atoms with van der Waals surface area (Å²) in [6, 6.07) is 0. The van der Waals surface area contributed by atoms with E-state index in [0.29, 0.717) is 5.92 Å². The molecule has 1 atom stereocenters. The van der Waals surface area contributed by atoms with Crippen LogP contribution in [0.15, 0.2) is 4.52 Å². The Morgan fingerprint density at radius 2 is 2.00 bits per heavy atom. The van der Waals surface area contributed by atoms with Crippen molar-refractivity contribution in [3.05, 3.63) is 11.7 Å². The number of rotatable bonds is 3. The predicted molar refractivity (Wildman–Crippen MR) is 74.0 cm³/mol. The Bertz CT molecular complexity index is 398. The van der Waals surface area contributed by atoms with Gasteiger partial charge in [-0.1, -0.05) is 24.4 Å². The van der Waals surface area contributed by atoms with Crippen molar-refractivity contribution in [2.45, 2.75) is 57.8 Å². The van der Waals surface area contributed by atoms with Gasteiger partial charge in [-0.2, -0.15) is 4.98 Å². The van der Waals surface area contributed by atoms with E-state index in [1.54, 1.807) is 0 Å². The van der Waals surface area contributed by atoms with Crippen molar-refractivity contribution in [1.29, 1.82) is 0 Å². The number of hydrogen-bond donors (Lipinski definition) is 0. The first-order valence-electron chi connectivity index (χ1n) is 7.84. The van der Waals surface area contributed by atoms with Gasteiger partial charge >= 0.3 is 0 Å². The van der Waals surface area contributed by atoms with Crippen molar-refractivity contribution in [3.63, 3.8) is 0 Å². The summed E-state index contributed by atoms with van der Waals surface area (Å²) >= 11 is 0. The molecule has 1 saturated carbocycles. The van der Waals surface area contributed by atoms with Crippen LogP contribution in [0, 0.1) is 12.8 Å². The smallest absolute Gasteiger partial charge is 0.231 e. The molecule has 4 heteroatoms. The van der Waals surface area contributed by atoms with Gasteiger partial charge < -0.3 is 9.42 Å². The van der Waals surface area contributed by atoms with Gasteiger partial charge in [-0.05, 0) is 45.1 Å². The molecule has 0 bridgehead atoms. The monoisotopic (exact) mass is 263 g/mol. The Morgan fingerprint density at radius 3 is 2.74 bits per heavy atom. The topological polar surface area (TPSA) is 42.2 Å². The fraction of sp³-hybridized carbons (Fsp3) is 0.867. The lowest BCUT2D eigenvalue weighted by Gasteiger charge is -2.34. The van der Waals surface area contributed by atoms with Gasteiger partial charge in [0, 0.05) is 13.1 Å². The lowest BCUT2D eigenvalue weighted by atomic mass is 9.88. The van der Waals surface area contributed by atoms with Crippen molar-refractivity contribution in [3.8, 4) is 0 Å². The molecule has 3 rings (SSSR count). The summed E-state index contributed by atoms with van der Waals surface area (Å²) in [5.41, 5.74) is 0. The standard InChI is InChI=1S/C15H25N3O/c1-12-16-15(19-17-12)14-8-5-9-18(11-14)10-13-6-3-2-4-7-13/h13-14H,2-11H2,1H3. The number of piperidine rings is 1. The second-order valence-electron chi connectivity index (χ2n) is 6.28. The lowest BCUT2D eigenvalue weighted by Crippen LogP contribution is -2.38. The number of nitrogens with zero attached hydrogens (tertiary/aromatic N) is 3. The van der Waals surface area contributed by atoms with E-state index >= 15 is 0 Å². The highest BCUT2D eigenvalue weighted by atomic mass is 16.5. The molecule has 1 aliphatic heterocycles. The molecular formula is C15H25N3O. The molecule has 19 heavy (non-hydrogen) atoms. The normalized spacial score (nSPS) is 26.7. The second-order valence-corrected chi connectivity index (χ2v) is 6.28. The summed E-state index contributed by atoms with van der Waals surface area (Å²) in [6.07, 6.45) is 9.64. The van der Waals surface area contributed by atoms with E-state index in [-0.39, 0.29) is 0 Å². The third-order valence-corrected chi connectivity index (χ3v) is 4.64. The maximum Gasteiger partial charge on any atom is 0.231 e. The lowest BCUT2D eigenvalue weighted by molar-refractivity contribution is 0.148. The highest BCUT2D eigenvalue weighted by Gasteiger charge is 2.27. The molecule has 4 nitrogen and oxygen atoms in total. The third kappa shape index (κ3) is 3.35. The molecule has 2 heterocycles. The molecule has 0 N–H and O–H groups in total. The van der Waals surface area contributed by atoms with Gasteiger partial charge in [0.15, 0.2) is 5.82 Å². The van der Waals surface area contributed by atoms with Gasteiger partial charge in [0.1, 0.15) is 0 Å². The van der Waals surface area contributed by atoms with Crippen molar-refractivity contribution in [2.75, 3.05) is 19.6 Å². The van der Waals surface area contributed by atoms with Crippen LogP contribution in [0.1, 0.15) is 62.6 Å². The van der Waals surface area contributed by atoms with Crippen molar-refractivity contribution in [1.82, 2.24) is 15.0 Å². The van der Waals surface area contributed by atoms with E-state index in [1.807, 2.05) is 6.92 Å². The summed E-state index contributed by atoms with van der Waals surface area (Å²) < 4.78 is 5.35. The summed E-state index contributed by atoms with van der Waals surface area (Å²) in [6.45, 7) is 5.54. The Morgan fingerprint density at radius 1 is 1.16 bits per heavy atom. The van der Waals surface area contributed by atoms with Gasteiger partial charge in [-0.3, -0.25) is 0 Å². The molecule has 2 aliphatic rings. The minimum atomic E-state index is 0.457. The molecule has 106 valence electrons. The minimum absolute atomic E-state index is 0.457. The van der Waals surface area contributed by atoms with Crippen LogP contribution < -0.4 is 0 Å². The fourth-order valence-corrected chi connectivity index (χ4v) is 3.64. The van der Waals surface area contributed by atoms with Crippen LogP contribution in [-0.2, 0) is 0 Å². The van der Waals surface area contributed by atoms with Gasteiger partial charge in [-0.25, -0.2) is 0 Å². The predicted octanol–water partition coefficient (Wildman–Crippen LogP) is 3.14. The van der Waals surface area contributed by atoms with Gasteiger partial charge in [-0.15, -0.1) is 0 Å². The van der Waals surface area contributed by atoms with Crippen LogP contribution in [0.4, 0.5) is 0 Å². The SMILES string of the molecule is Cc1noc(C2CCCN(CC3CCCCC3)C2)n1. The van der Waals surface area contributed by atoms with Crippen LogP contribution in [0.2, 0.25) is 0 Å². The van der Waals surface area contributed by atoms with Crippen LogP contribution in [-0.4, -0.2) is 34.7 Å². The van der Waals surface area contributed by atoms with E-state index in [4.69, 9.17) is 4.52 Å². The molecule has 1 unspecified atom stereocenters. The van der Waals surface area contributed by atoms with E-state index < -0.39 is 0 Å². The number of hydrogen-bond acceptors (Lipinski definition) is 4. The Balaban J connectivity index is 1.55. The zero-order valence-corrected chi connectivity index (χ0v) is 12.0. The average molecular weight is 263 g/mol. The van der Waals surface area contributed by atoms with E-state index in [0.717, 1.165) is 24.2 Å². The fourth-order valence-electron chi connectivity index (χ4n) is 3.64. The van der Waals surface area contributed by atoms with Crippen LogP contribution in [0.5, 0.6) is 0 Å². The maximum atomic E-state index is 5.35. The first-order chi connectivity index (χ1) is 9.31. The molecule has 0 radical (unpaired) electrons. The second kappa shape index (κ2) is 6.04. The Hall–Kier alpha value is -0.900. The zero-order chi connectivity index (χ0) is 13.1. The molecule has 1 aromatic rings. The molecule has 1 aromatic heterocycles. The van der Waals surface area contributed by atoms with E-state index in [9.17, 15) is 0 Å². The van der Waals surface area contributed by atoms with E-state index in [1.165, 1.54) is 58.0 Å². The third-order valence-electron chi connectivity index (χ3n) is 4.64. The highest BCUT2D eigenvalue weighted by molar-refractivity contribution is 4.96. The van der Waals surface area contributed by atoms with Crippen molar-refractivity contribution < 1.29 is 4.52 Å². The van der Waals surface area contributed by atoms with Crippen molar-refractivity contribution >= 4 is 0 Å². The number of aromatic nitrogens is 2. The van der Waals surface area contributed by atoms with Crippen molar-refractivity contribution in [2.24, 2.45) is 5.92 Å². The summed E-state index contributed by atoms with van der Waals surface area (Å²) in [5.74, 6) is 3.00. The first-order valence-corrected chi connectivity index (χ1v) is 7.84. The molecule has 0 amide bonds. The number of aryl methyl sites for hydroxylation is 1. The summed E-state index contributed by atoms with van der Waals surface area (Å²) in [4.78, 5) is 7.04. The average Bonchev–Trinajstić information content (AvgIpc) is 2.87. The van der Waals surface area contributed by atoms with E-state index in [2.05, 4.69) is 15.0 Å². The molecule has 1 saturated heterocycles. The zero-order valence-electron chi connectivity index (χ0n) is 12.0. The summed E-state index contributed by atoms with van der Waals surface area (Å²) in [5, 5.41) is 3.93. The highest BCUT2D eigenvalue weighted by Crippen LogP contribution is 2.29. The molecule has 2 fully saturated rings. The Kier molecular flexibility index (Phi) is 4.16. The van der Waals surface area contributed by atoms with Crippen LogP contribution >= 0.6 is 0 Å². The molecule has 1 aliphatic carbocycles. The minimum Gasteiger partial charge on any atom is -0.339 e. The van der Waals surface area contributed by atoms with Gasteiger partial charge in [0.25, 0.3) is 0 Å². The van der Waals surface area contributed by atoms with Crippen LogP contribution in [0.3, 0.4) is 0 Å². The first kappa shape index (κ1) is 13.1. The van der Waals surface area contributed by atoms with Crippen LogP contribution in [0.25, 0.3) is 0 Å². The molecule has 0 aromatic carbocycles.